The van der Waals surface area contributed by atoms with E-state index in [9.17, 15) is 21.6 Å². The van der Waals surface area contributed by atoms with Gasteiger partial charge in [0.05, 0.1) is 11.3 Å². The van der Waals surface area contributed by atoms with Crippen molar-refractivity contribution in [2.24, 2.45) is 5.73 Å². The number of rotatable bonds is 6. The van der Waals surface area contributed by atoms with Gasteiger partial charge in [0, 0.05) is 6.42 Å². The molecular weight excluding hydrogens is 295 g/mol. The minimum absolute atomic E-state index is 0.267. The van der Waals surface area contributed by atoms with Crippen molar-refractivity contribution in [1.82, 2.24) is 4.72 Å². The van der Waals surface area contributed by atoms with E-state index >= 15 is 0 Å². The van der Waals surface area contributed by atoms with Crippen molar-refractivity contribution in [1.29, 1.82) is 5.41 Å². The minimum atomic E-state index is -4.36. The molecule has 0 aliphatic heterocycles. The van der Waals surface area contributed by atoms with Crippen molar-refractivity contribution >= 4 is 15.9 Å². The molecule has 0 unspecified atom stereocenters. The van der Waals surface area contributed by atoms with Crippen LogP contribution in [-0.4, -0.2) is 31.7 Å². The van der Waals surface area contributed by atoms with Crippen LogP contribution in [0.2, 0.25) is 0 Å². The zero-order chi connectivity index (χ0) is 15.4. The van der Waals surface area contributed by atoms with Crippen LogP contribution in [0.3, 0.4) is 0 Å². The predicted molar refractivity (Wildman–Crippen MR) is 69.9 cm³/mol. The Balaban J connectivity index is 2.65. The van der Waals surface area contributed by atoms with Crippen molar-refractivity contribution in [2.75, 3.05) is 5.75 Å². The number of halogens is 3. The standard InChI is InChI=1S/C11H20F3N3O2S/c12-11(13,14)7-4-8-20(18,19)17-10(9(15)16)5-2-1-3-6-10/h17H,1-8H2,(H3,15,16). The van der Waals surface area contributed by atoms with E-state index in [1.165, 1.54) is 0 Å². The third kappa shape index (κ3) is 5.28. The first-order chi connectivity index (χ1) is 9.06. The maximum Gasteiger partial charge on any atom is 0.389 e. The highest BCUT2D eigenvalue weighted by atomic mass is 32.2. The van der Waals surface area contributed by atoms with Crippen LogP contribution >= 0.6 is 0 Å². The molecule has 20 heavy (non-hydrogen) atoms. The van der Waals surface area contributed by atoms with E-state index in [-0.39, 0.29) is 5.84 Å². The molecule has 1 aliphatic rings. The second-order valence-electron chi connectivity index (χ2n) is 5.20. The molecule has 0 heterocycles. The SMILES string of the molecule is N=C(N)C1(NS(=O)(=O)CCCC(F)(F)F)CCCCC1. The lowest BCUT2D eigenvalue weighted by molar-refractivity contribution is -0.134. The number of alkyl halides is 3. The van der Waals surface area contributed by atoms with Crippen LogP contribution in [0.25, 0.3) is 0 Å². The Bertz CT molecular complexity index is 442. The second kappa shape index (κ2) is 6.30. The molecule has 0 bridgehead atoms. The molecule has 1 aliphatic carbocycles. The van der Waals surface area contributed by atoms with Crippen molar-refractivity contribution < 1.29 is 21.6 Å². The van der Waals surface area contributed by atoms with E-state index in [1.807, 2.05) is 0 Å². The Kier molecular flexibility index (Phi) is 5.42. The van der Waals surface area contributed by atoms with Gasteiger partial charge in [0.15, 0.2) is 0 Å². The molecule has 0 aromatic heterocycles. The fraction of sp³-hybridized carbons (Fsp3) is 0.909. The van der Waals surface area contributed by atoms with E-state index in [2.05, 4.69) is 4.72 Å². The molecule has 0 amide bonds. The van der Waals surface area contributed by atoms with Crippen LogP contribution in [0.15, 0.2) is 0 Å². The highest BCUT2D eigenvalue weighted by molar-refractivity contribution is 7.89. The van der Waals surface area contributed by atoms with Gasteiger partial charge < -0.3 is 5.73 Å². The summed E-state index contributed by atoms with van der Waals surface area (Å²) in [4.78, 5) is 0. The predicted octanol–water partition coefficient (Wildman–Crippen LogP) is 1.89. The fourth-order valence-corrected chi connectivity index (χ4v) is 3.93. The normalized spacial score (nSPS) is 19.8. The van der Waals surface area contributed by atoms with Gasteiger partial charge in [-0.2, -0.15) is 13.2 Å². The number of nitrogens with one attached hydrogen (secondary N) is 2. The molecule has 1 rings (SSSR count). The van der Waals surface area contributed by atoms with Gasteiger partial charge in [-0.25, -0.2) is 13.1 Å². The lowest BCUT2D eigenvalue weighted by atomic mass is 9.82. The van der Waals surface area contributed by atoms with Gasteiger partial charge in [-0.05, 0) is 19.3 Å². The van der Waals surface area contributed by atoms with Crippen LogP contribution in [0.1, 0.15) is 44.9 Å². The highest BCUT2D eigenvalue weighted by Gasteiger charge is 2.39. The van der Waals surface area contributed by atoms with Gasteiger partial charge >= 0.3 is 6.18 Å². The maximum atomic E-state index is 12.0. The zero-order valence-corrected chi connectivity index (χ0v) is 11.9. The Morgan fingerprint density at radius 1 is 1.25 bits per heavy atom. The largest absolute Gasteiger partial charge is 0.389 e. The second-order valence-corrected chi connectivity index (χ2v) is 7.04. The summed E-state index contributed by atoms with van der Waals surface area (Å²) in [6, 6.07) is 0. The van der Waals surface area contributed by atoms with Crippen molar-refractivity contribution in [3.05, 3.63) is 0 Å². The summed E-state index contributed by atoms with van der Waals surface area (Å²) in [6.07, 6.45) is -2.74. The summed E-state index contributed by atoms with van der Waals surface area (Å²) in [7, 11) is -3.88. The van der Waals surface area contributed by atoms with E-state index in [1.54, 1.807) is 0 Å². The summed E-state index contributed by atoms with van der Waals surface area (Å²) in [6.45, 7) is 0. The van der Waals surface area contributed by atoms with E-state index < -0.39 is 40.3 Å². The molecule has 5 nitrogen and oxygen atoms in total. The fourth-order valence-electron chi connectivity index (χ4n) is 2.39. The van der Waals surface area contributed by atoms with E-state index in [0.29, 0.717) is 12.8 Å². The molecule has 1 saturated carbocycles. The van der Waals surface area contributed by atoms with E-state index in [0.717, 1.165) is 19.3 Å². The van der Waals surface area contributed by atoms with Gasteiger partial charge in [0.25, 0.3) is 0 Å². The van der Waals surface area contributed by atoms with Crippen molar-refractivity contribution in [3.8, 4) is 0 Å². The van der Waals surface area contributed by atoms with Gasteiger partial charge in [-0.3, -0.25) is 5.41 Å². The smallest absolute Gasteiger partial charge is 0.386 e. The first-order valence-corrected chi connectivity index (χ1v) is 8.14. The Morgan fingerprint density at radius 3 is 2.25 bits per heavy atom. The molecule has 4 N–H and O–H groups in total. The van der Waals surface area contributed by atoms with Gasteiger partial charge in [-0.1, -0.05) is 19.3 Å². The number of hydrogen-bond donors (Lipinski definition) is 3. The summed E-state index contributed by atoms with van der Waals surface area (Å²) < 4.78 is 62.1. The van der Waals surface area contributed by atoms with Crippen LogP contribution < -0.4 is 10.5 Å². The lowest BCUT2D eigenvalue weighted by Gasteiger charge is -2.36. The molecule has 0 aromatic rings. The quantitative estimate of drug-likeness (QED) is 0.516. The zero-order valence-electron chi connectivity index (χ0n) is 11.1. The van der Waals surface area contributed by atoms with Crippen LogP contribution in [-0.2, 0) is 10.0 Å². The molecular formula is C11H20F3N3O2S. The Hall–Kier alpha value is -0.830. The van der Waals surface area contributed by atoms with E-state index in [4.69, 9.17) is 11.1 Å². The van der Waals surface area contributed by atoms with Gasteiger partial charge in [-0.15, -0.1) is 0 Å². The third-order valence-corrected chi connectivity index (χ3v) is 4.97. The highest BCUT2D eigenvalue weighted by Crippen LogP contribution is 2.29. The van der Waals surface area contributed by atoms with Crippen LogP contribution in [0, 0.1) is 5.41 Å². The molecule has 0 spiro atoms. The van der Waals surface area contributed by atoms with Gasteiger partial charge in [0.1, 0.15) is 5.84 Å². The number of sulfonamides is 1. The molecule has 118 valence electrons. The third-order valence-electron chi connectivity index (χ3n) is 3.45. The van der Waals surface area contributed by atoms with Crippen LogP contribution in [0.4, 0.5) is 13.2 Å². The Morgan fingerprint density at radius 2 is 1.80 bits per heavy atom. The summed E-state index contributed by atoms with van der Waals surface area (Å²) in [5, 5.41) is 7.56. The maximum absolute atomic E-state index is 12.0. The van der Waals surface area contributed by atoms with Crippen LogP contribution in [0.5, 0.6) is 0 Å². The van der Waals surface area contributed by atoms with Crippen molar-refractivity contribution in [2.45, 2.75) is 56.7 Å². The number of nitrogens with two attached hydrogens (primary N) is 1. The number of amidine groups is 1. The molecule has 0 aromatic carbocycles. The molecule has 0 saturated heterocycles. The first kappa shape index (κ1) is 17.2. The Labute approximate surface area is 116 Å². The summed E-state index contributed by atoms with van der Waals surface area (Å²) >= 11 is 0. The number of hydrogen-bond acceptors (Lipinski definition) is 3. The minimum Gasteiger partial charge on any atom is -0.386 e. The monoisotopic (exact) mass is 315 g/mol. The van der Waals surface area contributed by atoms with Gasteiger partial charge in [0.2, 0.25) is 10.0 Å². The topological polar surface area (TPSA) is 96.0 Å². The molecule has 0 radical (unpaired) electrons. The first-order valence-electron chi connectivity index (χ1n) is 6.49. The van der Waals surface area contributed by atoms with Crippen molar-refractivity contribution in [3.63, 3.8) is 0 Å². The average molecular weight is 315 g/mol. The average Bonchev–Trinajstić information content (AvgIpc) is 2.27. The molecule has 1 fully saturated rings. The summed E-state index contributed by atoms with van der Waals surface area (Å²) in [5.74, 6) is -0.877. The lowest BCUT2D eigenvalue weighted by Crippen LogP contribution is -2.58. The molecule has 0 atom stereocenters. The summed E-state index contributed by atoms with van der Waals surface area (Å²) in [5.41, 5.74) is 4.37. The molecule has 9 heteroatoms.